The summed E-state index contributed by atoms with van der Waals surface area (Å²) in [5, 5.41) is 0. The minimum Gasteiger partial charge on any atom is -0.347 e. The average molecular weight is 260 g/mol. The SMILES string of the molecule is C1=C(Cc2ccccc2)CCC2(C1)OCCO2.CC. The second kappa shape index (κ2) is 6.88. The Kier molecular flexibility index (Phi) is 5.17. The summed E-state index contributed by atoms with van der Waals surface area (Å²) in [7, 11) is 0. The van der Waals surface area contributed by atoms with E-state index in [1.54, 1.807) is 0 Å². The van der Waals surface area contributed by atoms with Crippen LogP contribution in [0, 0.1) is 0 Å². The van der Waals surface area contributed by atoms with Gasteiger partial charge in [-0.1, -0.05) is 55.8 Å². The van der Waals surface area contributed by atoms with E-state index in [-0.39, 0.29) is 5.79 Å². The second-order valence-corrected chi connectivity index (χ2v) is 4.84. The van der Waals surface area contributed by atoms with Gasteiger partial charge in [0.2, 0.25) is 0 Å². The minimum absolute atomic E-state index is 0.278. The predicted molar refractivity (Wildman–Crippen MR) is 78.1 cm³/mol. The van der Waals surface area contributed by atoms with Crippen molar-refractivity contribution in [2.45, 2.75) is 45.3 Å². The van der Waals surface area contributed by atoms with Gasteiger partial charge < -0.3 is 9.47 Å². The Morgan fingerprint density at radius 3 is 2.32 bits per heavy atom. The molecule has 2 heteroatoms. The van der Waals surface area contributed by atoms with Gasteiger partial charge in [0.1, 0.15) is 0 Å². The van der Waals surface area contributed by atoms with Gasteiger partial charge in [-0.3, -0.25) is 0 Å². The Morgan fingerprint density at radius 2 is 1.74 bits per heavy atom. The molecule has 0 atom stereocenters. The van der Waals surface area contributed by atoms with Crippen LogP contribution >= 0.6 is 0 Å². The Balaban J connectivity index is 0.000000637. The zero-order valence-corrected chi connectivity index (χ0v) is 12.0. The molecule has 19 heavy (non-hydrogen) atoms. The average Bonchev–Trinajstić information content (AvgIpc) is 2.94. The first-order valence-corrected chi connectivity index (χ1v) is 7.36. The monoisotopic (exact) mass is 260 g/mol. The van der Waals surface area contributed by atoms with Crippen LogP contribution in [0.25, 0.3) is 0 Å². The van der Waals surface area contributed by atoms with Gasteiger partial charge in [-0.25, -0.2) is 0 Å². The summed E-state index contributed by atoms with van der Waals surface area (Å²) in [4.78, 5) is 0. The van der Waals surface area contributed by atoms with Crippen LogP contribution in [0.2, 0.25) is 0 Å². The van der Waals surface area contributed by atoms with E-state index in [9.17, 15) is 0 Å². The third-order valence-electron chi connectivity index (χ3n) is 3.62. The number of rotatable bonds is 2. The maximum Gasteiger partial charge on any atom is 0.172 e. The van der Waals surface area contributed by atoms with Crippen molar-refractivity contribution in [3.8, 4) is 0 Å². The van der Waals surface area contributed by atoms with E-state index in [1.807, 2.05) is 13.8 Å². The van der Waals surface area contributed by atoms with Crippen LogP contribution in [-0.4, -0.2) is 19.0 Å². The van der Waals surface area contributed by atoms with Gasteiger partial charge in [0.25, 0.3) is 0 Å². The highest BCUT2D eigenvalue weighted by molar-refractivity contribution is 5.23. The highest BCUT2D eigenvalue weighted by atomic mass is 16.7. The molecule has 2 nitrogen and oxygen atoms in total. The highest BCUT2D eigenvalue weighted by Crippen LogP contribution is 2.35. The molecule has 0 aromatic heterocycles. The molecule has 0 radical (unpaired) electrons. The van der Waals surface area contributed by atoms with Crippen molar-refractivity contribution in [1.29, 1.82) is 0 Å². The first-order chi connectivity index (χ1) is 9.36. The molecule has 0 N–H and O–H groups in total. The van der Waals surface area contributed by atoms with E-state index in [1.165, 1.54) is 11.1 Å². The zero-order valence-electron chi connectivity index (χ0n) is 12.0. The fraction of sp³-hybridized carbons (Fsp3) is 0.529. The molecule has 0 amide bonds. The van der Waals surface area contributed by atoms with Crippen molar-refractivity contribution in [3.63, 3.8) is 0 Å². The van der Waals surface area contributed by atoms with Gasteiger partial charge in [0, 0.05) is 12.8 Å². The molecule has 3 rings (SSSR count). The molecule has 1 aliphatic heterocycles. The first-order valence-electron chi connectivity index (χ1n) is 7.36. The van der Waals surface area contributed by atoms with Crippen molar-refractivity contribution in [1.82, 2.24) is 0 Å². The lowest BCUT2D eigenvalue weighted by molar-refractivity contribution is -0.161. The summed E-state index contributed by atoms with van der Waals surface area (Å²) in [6.07, 6.45) is 6.38. The van der Waals surface area contributed by atoms with Crippen molar-refractivity contribution < 1.29 is 9.47 Å². The van der Waals surface area contributed by atoms with Crippen LogP contribution in [0.5, 0.6) is 0 Å². The number of benzene rings is 1. The lowest BCUT2D eigenvalue weighted by Crippen LogP contribution is -2.31. The van der Waals surface area contributed by atoms with E-state index in [0.29, 0.717) is 0 Å². The Labute approximate surface area is 116 Å². The molecule has 1 saturated heterocycles. The summed E-state index contributed by atoms with van der Waals surface area (Å²) >= 11 is 0. The molecule has 1 aliphatic carbocycles. The fourth-order valence-corrected chi connectivity index (χ4v) is 2.63. The molecule has 1 fully saturated rings. The maximum absolute atomic E-state index is 5.71. The van der Waals surface area contributed by atoms with E-state index >= 15 is 0 Å². The lowest BCUT2D eigenvalue weighted by Gasteiger charge is -2.30. The van der Waals surface area contributed by atoms with Gasteiger partial charge in [-0.05, 0) is 18.4 Å². The van der Waals surface area contributed by atoms with E-state index in [4.69, 9.17) is 9.47 Å². The third kappa shape index (κ3) is 3.68. The number of hydrogen-bond donors (Lipinski definition) is 0. The van der Waals surface area contributed by atoms with Crippen molar-refractivity contribution in [2.75, 3.05) is 13.2 Å². The van der Waals surface area contributed by atoms with Gasteiger partial charge >= 0.3 is 0 Å². The first kappa shape index (κ1) is 14.3. The van der Waals surface area contributed by atoms with Crippen molar-refractivity contribution in [2.24, 2.45) is 0 Å². The van der Waals surface area contributed by atoms with Crippen LogP contribution in [0.3, 0.4) is 0 Å². The molecule has 1 aromatic rings. The summed E-state index contributed by atoms with van der Waals surface area (Å²) in [6, 6.07) is 10.6. The van der Waals surface area contributed by atoms with E-state index in [0.717, 1.165) is 38.9 Å². The third-order valence-corrected chi connectivity index (χ3v) is 3.62. The van der Waals surface area contributed by atoms with Gasteiger partial charge in [-0.2, -0.15) is 0 Å². The number of hydrogen-bond acceptors (Lipinski definition) is 2. The summed E-state index contributed by atoms with van der Waals surface area (Å²) in [5.41, 5.74) is 2.91. The van der Waals surface area contributed by atoms with Crippen LogP contribution in [-0.2, 0) is 15.9 Å². The lowest BCUT2D eigenvalue weighted by atomic mass is 9.90. The topological polar surface area (TPSA) is 18.5 Å². The van der Waals surface area contributed by atoms with Crippen LogP contribution in [0.1, 0.15) is 38.7 Å². The van der Waals surface area contributed by atoms with Gasteiger partial charge in [0.15, 0.2) is 5.79 Å². The van der Waals surface area contributed by atoms with Crippen LogP contribution < -0.4 is 0 Å². The smallest absolute Gasteiger partial charge is 0.172 e. The molecule has 104 valence electrons. The van der Waals surface area contributed by atoms with Crippen molar-refractivity contribution in [3.05, 3.63) is 47.5 Å². The van der Waals surface area contributed by atoms with Gasteiger partial charge in [-0.15, -0.1) is 0 Å². The largest absolute Gasteiger partial charge is 0.347 e. The molecule has 0 bridgehead atoms. The molecule has 1 aromatic carbocycles. The summed E-state index contributed by atoms with van der Waals surface area (Å²) in [5.74, 6) is -0.278. The van der Waals surface area contributed by atoms with Crippen molar-refractivity contribution >= 4 is 0 Å². The normalized spacial score (nSPS) is 20.6. The summed E-state index contributed by atoms with van der Waals surface area (Å²) < 4.78 is 11.4. The Bertz CT molecular complexity index is 403. The molecule has 0 unspecified atom stereocenters. The molecule has 1 heterocycles. The zero-order chi connectivity index (χ0) is 13.6. The highest BCUT2D eigenvalue weighted by Gasteiger charge is 2.37. The summed E-state index contributed by atoms with van der Waals surface area (Å²) in [6.45, 7) is 5.50. The van der Waals surface area contributed by atoms with Crippen LogP contribution in [0.4, 0.5) is 0 Å². The fourth-order valence-electron chi connectivity index (χ4n) is 2.63. The van der Waals surface area contributed by atoms with E-state index < -0.39 is 0 Å². The molecule has 0 saturated carbocycles. The molecule has 1 spiro atoms. The number of allylic oxidation sites excluding steroid dienone is 1. The Hall–Kier alpha value is -1.12. The van der Waals surface area contributed by atoms with Crippen LogP contribution in [0.15, 0.2) is 42.0 Å². The van der Waals surface area contributed by atoms with Gasteiger partial charge in [0.05, 0.1) is 13.2 Å². The minimum atomic E-state index is -0.278. The standard InChI is InChI=1S/C15H18O2.C2H6/c1-2-4-13(5-3-1)12-14-6-8-15(9-7-14)16-10-11-17-15;1-2/h1-6H,7-12H2;1-2H3. The second-order valence-electron chi connectivity index (χ2n) is 4.84. The number of ether oxygens (including phenoxy) is 2. The Morgan fingerprint density at radius 1 is 1.05 bits per heavy atom. The molecular weight excluding hydrogens is 236 g/mol. The van der Waals surface area contributed by atoms with E-state index in [2.05, 4.69) is 36.4 Å². The molecule has 2 aliphatic rings. The quantitative estimate of drug-likeness (QED) is 0.745. The molecular formula is C17H24O2. The maximum atomic E-state index is 5.71. The predicted octanol–water partition coefficient (Wildman–Crippen LogP) is 4.11.